The normalized spacial score (nSPS) is 12.8. The Morgan fingerprint density at radius 3 is 3.00 bits per heavy atom. The lowest BCUT2D eigenvalue weighted by Crippen LogP contribution is -2.16. The molecule has 1 atom stereocenters. The lowest BCUT2D eigenvalue weighted by molar-refractivity contribution is 0.593. The Labute approximate surface area is 113 Å². The number of fused-ring (bicyclic) bond motifs is 1. The second-order valence-corrected chi connectivity index (χ2v) is 5.65. The van der Waals surface area contributed by atoms with Gasteiger partial charge < -0.3 is 5.32 Å². The molecule has 3 nitrogen and oxygen atoms in total. The van der Waals surface area contributed by atoms with Crippen LogP contribution in [0.25, 0.3) is 10.2 Å². The van der Waals surface area contributed by atoms with Crippen molar-refractivity contribution in [3.05, 3.63) is 17.8 Å². The van der Waals surface area contributed by atoms with Gasteiger partial charge in [0.15, 0.2) is 0 Å². The maximum atomic E-state index is 4.35. The predicted octanol–water partition coefficient (Wildman–Crippen LogP) is 4.46. The molecule has 0 saturated heterocycles. The van der Waals surface area contributed by atoms with E-state index in [-0.39, 0.29) is 0 Å². The van der Waals surface area contributed by atoms with E-state index in [4.69, 9.17) is 0 Å². The Balaban J connectivity index is 1.90. The van der Waals surface area contributed by atoms with Gasteiger partial charge in [0, 0.05) is 6.04 Å². The highest BCUT2D eigenvalue weighted by atomic mass is 32.1. The van der Waals surface area contributed by atoms with E-state index >= 15 is 0 Å². The summed E-state index contributed by atoms with van der Waals surface area (Å²) in [6, 6.07) is 2.56. The van der Waals surface area contributed by atoms with Crippen molar-refractivity contribution in [2.24, 2.45) is 0 Å². The molecule has 2 rings (SSSR count). The van der Waals surface area contributed by atoms with Gasteiger partial charge in [-0.15, -0.1) is 11.3 Å². The molecule has 1 unspecified atom stereocenters. The zero-order valence-electron chi connectivity index (χ0n) is 11.1. The van der Waals surface area contributed by atoms with Crippen molar-refractivity contribution in [1.29, 1.82) is 0 Å². The molecule has 2 heterocycles. The second kappa shape index (κ2) is 6.69. The molecule has 0 aliphatic rings. The van der Waals surface area contributed by atoms with Gasteiger partial charge in [-0.05, 0) is 24.8 Å². The summed E-state index contributed by atoms with van der Waals surface area (Å²) in [4.78, 5) is 9.67. The fourth-order valence-electron chi connectivity index (χ4n) is 2.09. The summed E-state index contributed by atoms with van der Waals surface area (Å²) < 4.78 is 0. The summed E-state index contributed by atoms with van der Waals surface area (Å²) in [6.45, 7) is 4.47. The monoisotopic (exact) mass is 263 g/mol. The van der Waals surface area contributed by atoms with E-state index in [9.17, 15) is 0 Å². The largest absolute Gasteiger partial charge is 0.367 e. The first-order valence-electron chi connectivity index (χ1n) is 6.76. The van der Waals surface area contributed by atoms with E-state index < -0.39 is 0 Å². The van der Waals surface area contributed by atoms with Gasteiger partial charge in [0.2, 0.25) is 0 Å². The van der Waals surface area contributed by atoms with Crippen molar-refractivity contribution >= 4 is 27.4 Å². The molecule has 4 heteroatoms. The van der Waals surface area contributed by atoms with Crippen LogP contribution in [0.4, 0.5) is 5.82 Å². The summed E-state index contributed by atoms with van der Waals surface area (Å²) in [5, 5.41) is 6.71. The second-order valence-electron chi connectivity index (χ2n) is 4.76. The van der Waals surface area contributed by atoms with E-state index in [0.717, 1.165) is 16.0 Å². The number of aromatic nitrogens is 2. The van der Waals surface area contributed by atoms with Crippen molar-refractivity contribution in [3.63, 3.8) is 0 Å². The fourth-order valence-corrected chi connectivity index (χ4v) is 2.82. The Hall–Kier alpha value is -1.16. The summed E-state index contributed by atoms with van der Waals surface area (Å²) >= 11 is 1.66. The summed E-state index contributed by atoms with van der Waals surface area (Å²) in [5.41, 5.74) is 0. The third kappa shape index (κ3) is 3.42. The van der Waals surface area contributed by atoms with Crippen LogP contribution in [0, 0.1) is 0 Å². The molecule has 0 radical (unpaired) electrons. The number of nitrogens with one attached hydrogen (secondary N) is 1. The molecule has 0 bridgehead atoms. The molecule has 0 fully saturated rings. The molecular weight excluding hydrogens is 242 g/mol. The van der Waals surface area contributed by atoms with Crippen LogP contribution in [0.2, 0.25) is 0 Å². The Bertz CT molecular complexity index is 481. The Morgan fingerprint density at radius 2 is 2.17 bits per heavy atom. The molecule has 18 heavy (non-hydrogen) atoms. The molecule has 0 spiro atoms. The Kier molecular flexibility index (Phi) is 4.93. The fraction of sp³-hybridized carbons (Fsp3) is 0.571. The highest BCUT2D eigenvalue weighted by Crippen LogP contribution is 2.24. The molecule has 2 aromatic rings. The maximum absolute atomic E-state index is 4.35. The highest BCUT2D eigenvalue weighted by Gasteiger charge is 2.07. The number of rotatable bonds is 7. The van der Waals surface area contributed by atoms with Gasteiger partial charge in [0.25, 0.3) is 0 Å². The molecule has 0 saturated carbocycles. The standard InChI is InChI=1S/C14H21N3S/c1-3-4-5-6-7-11(2)17-13-12-8-9-18-14(12)16-10-15-13/h8-11H,3-7H2,1-2H3,(H,15,16,17). The van der Waals surface area contributed by atoms with Crippen molar-refractivity contribution in [2.75, 3.05) is 5.32 Å². The third-order valence-electron chi connectivity index (χ3n) is 3.14. The zero-order valence-corrected chi connectivity index (χ0v) is 12.0. The first-order chi connectivity index (χ1) is 8.81. The summed E-state index contributed by atoms with van der Waals surface area (Å²) in [5.74, 6) is 0.976. The van der Waals surface area contributed by atoms with Crippen LogP contribution in [0.3, 0.4) is 0 Å². The van der Waals surface area contributed by atoms with E-state index in [1.54, 1.807) is 17.7 Å². The van der Waals surface area contributed by atoms with Gasteiger partial charge in [-0.25, -0.2) is 9.97 Å². The molecule has 0 aliphatic heterocycles. The van der Waals surface area contributed by atoms with Crippen LogP contribution in [0.15, 0.2) is 17.8 Å². The van der Waals surface area contributed by atoms with Gasteiger partial charge in [-0.1, -0.05) is 32.6 Å². The van der Waals surface area contributed by atoms with Crippen LogP contribution >= 0.6 is 11.3 Å². The molecular formula is C14H21N3S. The van der Waals surface area contributed by atoms with Crippen molar-refractivity contribution in [3.8, 4) is 0 Å². The van der Waals surface area contributed by atoms with Crippen molar-refractivity contribution < 1.29 is 0 Å². The Morgan fingerprint density at radius 1 is 1.28 bits per heavy atom. The first kappa shape index (κ1) is 13.3. The molecule has 0 aliphatic carbocycles. The molecule has 98 valence electrons. The van der Waals surface area contributed by atoms with E-state index in [2.05, 4.69) is 40.6 Å². The van der Waals surface area contributed by atoms with Crippen molar-refractivity contribution in [2.45, 2.75) is 52.0 Å². The highest BCUT2D eigenvalue weighted by molar-refractivity contribution is 7.16. The van der Waals surface area contributed by atoms with E-state index in [0.29, 0.717) is 6.04 Å². The van der Waals surface area contributed by atoms with E-state index in [1.165, 1.54) is 32.1 Å². The minimum atomic E-state index is 0.472. The van der Waals surface area contributed by atoms with Gasteiger partial charge >= 0.3 is 0 Å². The van der Waals surface area contributed by atoms with Gasteiger partial charge in [-0.3, -0.25) is 0 Å². The average Bonchev–Trinajstić information content (AvgIpc) is 2.84. The van der Waals surface area contributed by atoms with Crippen LogP contribution in [0.1, 0.15) is 46.0 Å². The number of hydrogen-bond donors (Lipinski definition) is 1. The first-order valence-corrected chi connectivity index (χ1v) is 7.64. The number of thiophene rings is 1. The SMILES string of the molecule is CCCCCCC(C)Nc1ncnc2sccc12. The lowest BCUT2D eigenvalue weighted by Gasteiger charge is -2.14. The third-order valence-corrected chi connectivity index (χ3v) is 3.96. The minimum absolute atomic E-state index is 0.472. The molecule has 2 aromatic heterocycles. The molecule has 0 aromatic carbocycles. The van der Waals surface area contributed by atoms with Gasteiger partial charge in [-0.2, -0.15) is 0 Å². The van der Waals surface area contributed by atoms with Crippen LogP contribution in [-0.2, 0) is 0 Å². The predicted molar refractivity (Wildman–Crippen MR) is 79.3 cm³/mol. The van der Waals surface area contributed by atoms with Gasteiger partial charge in [0.1, 0.15) is 17.0 Å². The smallest absolute Gasteiger partial charge is 0.138 e. The topological polar surface area (TPSA) is 37.8 Å². The van der Waals surface area contributed by atoms with Crippen LogP contribution < -0.4 is 5.32 Å². The van der Waals surface area contributed by atoms with Crippen molar-refractivity contribution in [1.82, 2.24) is 9.97 Å². The van der Waals surface area contributed by atoms with Crippen LogP contribution in [0.5, 0.6) is 0 Å². The van der Waals surface area contributed by atoms with Crippen LogP contribution in [-0.4, -0.2) is 16.0 Å². The molecule has 0 amide bonds. The number of hydrogen-bond acceptors (Lipinski definition) is 4. The number of anilines is 1. The minimum Gasteiger partial charge on any atom is -0.367 e. The molecule has 1 N–H and O–H groups in total. The lowest BCUT2D eigenvalue weighted by atomic mass is 10.1. The maximum Gasteiger partial charge on any atom is 0.138 e. The van der Waals surface area contributed by atoms with Gasteiger partial charge in [0.05, 0.1) is 5.39 Å². The summed E-state index contributed by atoms with van der Waals surface area (Å²) in [7, 11) is 0. The quantitative estimate of drug-likeness (QED) is 0.749. The number of unbranched alkanes of at least 4 members (excludes halogenated alkanes) is 3. The summed E-state index contributed by atoms with van der Waals surface area (Å²) in [6.07, 6.45) is 8.11. The zero-order chi connectivity index (χ0) is 12.8. The van der Waals surface area contributed by atoms with E-state index in [1.807, 2.05) is 0 Å². The average molecular weight is 263 g/mol. The number of nitrogens with zero attached hydrogens (tertiary/aromatic N) is 2.